The lowest BCUT2D eigenvalue weighted by Gasteiger charge is -2.16. The highest BCUT2D eigenvalue weighted by Gasteiger charge is 2.24. The SMILES string of the molecule is CCOC(=O)COc1ccc(C(=O)C(CCOC(C)=O)CC(=O)c2ccc(C(=N)N)cc2)cc1. The average molecular weight is 469 g/mol. The monoisotopic (exact) mass is 468 g/mol. The van der Waals surface area contributed by atoms with Crippen molar-refractivity contribution in [2.75, 3.05) is 19.8 Å². The van der Waals surface area contributed by atoms with Crippen LogP contribution in [0.5, 0.6) is 5.75 Å². The number of hydrogen-bond donors (Lipinski definition) is 2. The fourth-order valence-electron chi connectivity index (χ4n) is 3.14. The fourth-order valence-corrected chi connectivity index (χ4v) is 3.14. The zero-order valence-corrected chi connectivity index (χ0v) is 19.2. The van der Waals surface area contributed by atoms with E-state index in [4.69, 9.17) is 25.4 Å². The van der Waals surface area contributed by atoms with Crippen molar-refractivity contribution in [2.45, 2.75) is 26.7 Å². The number of esters is 2. The number of ether oxygens (including phenoxy) is 3. The number of rotatable bonds is 13. The third-order valence-corrected chi connectivity index (χ3v) is 4.89. The molecule has 0 bridgehead atoms. The van der Waals surface area contributed by atoms with Gasteiger partial charge in [-0.3, -0.25) is 19.8 Å². The quantitative estimate of drug-likeness (QED) is 0.197. The van der Waals surface area contributed by atoms with Crippen LogP contribution in [0.2, 0.25) is 0 Å². The summed E-state index contributed by atoms with van der Waals surface area (Å²) in [5.74, 6) is -1.94. The van der Waals surface area contributed by atoms with E-state index in [1.165, 1.54) is 6.92 Å². The molecule has 2 aromatic rings. The Kier molecular flexibility index (Phi) is 9.94. The van der Waals surface area contributed by atoms with Crippen LogP contribution in [0, 0.1) is 11.3 Å². The standard InChI is InChI=1S/C25H28N2O7/c1-3-32-23(30)15-34-21-10-8-18(9-11-21)24(31)20(12-13-33-16(2)28)14-22(29)17-4-6-19(7-5-17)25(26)27/h4-11,20H,3,12-15H2,1-2H3,(H3,26,27). The average Bonchev–Trinajstić information content (AvgIpc) is 2.82. The molecule has 0 aliphatic rings. The maximum atomic E-state index is 13.1. The smallest absolute Gasteiger partial charge is 0.344 e. The number of carbonyl (C=O) groups excluding carboxylic acids is 4. The molecule has 0 fully saturated rings. The van der Waals surface area contributed by atoms with Crippen LogP contribution >= 0.6 is 0 Å². The Balaban J connectivity index is 2.11. The largest absolute Gasteiger partial charge is 0.482 e. The van der Waals surface area contributed by atoms with Gasteiger partial charge in [0.1, 0.15) is 11.6 Å². The lowest BCUT2D eigenvalue weighted by Crippen LogP contribution is -2.21. The summed E-state index contributed by atoms with van der Waals surface area (Å²) in [5.41, 5.74) is 6.68. The molecule has 9 nitrogen and oxygen atoms in total. The molecule has 0 heterocycles. The summed E-state index contributed by atoms with van der Waals surface area (Å²) in [6, 6.07) is 12.5. The molecule has 1 unspecified atom stereocenters. The Morgan fingerprint density at radius 2 is 1.50 bits per heavy atom. The molecule has 0 saturated heterocycles. The van der Waals surface area contributed by atoms with Crippen LogP contribution in [-0.2, 0) is 19.1 Å². The molecule has 3 N–H and O–H groups in total. The first-order valence-electron chi connectivity index (χ1n) is 10.7. The van der Waals surface area contributed by atoms with Gasteiger partial charge in [-0.15, -0.1) is 0 Å². The topological polar surface area (TPSA) is 146 Å². The number of amidine groups is 1. The van der Waals surface area contributed by atoms with E-state index < -0.39 is 17.9 Å². The van der Waals surface area contributed by atoms with Crippen molar-refractivity contribution in [2.24, 2.45) is 11.7 Å². The number of hydrogen-bond acceptors (Lipinski definition) is 8. The highest BCUT2D eigenvalue weighted by molar-refractivity contribution is 6.04. The number of Topliss-reactive ketones (excluding diaryl/α,β-unsaturated/α-hetero) is 2. The van der Waals surface area contributed by atoms with E-state index in [1.54, 1.807) is 55.5 Å². The van der Waals surface area contributed by atoms with Crippen LogP contribution < -0.4 is 10.5 Å². The summed E-state index contributed by atoms with van der Waals surface area (Å²) >= 11 is 0. The van der Waals surface area contributed by atoms with Crippen molar-refractivity contribution in [3.8, 4) is 5.75 Å². The van der Waals surface area contributed by atoms with E-state index in [2.05, 4.69) is 0 Å². The molecule has 1 atom stereocenters. The van der Waals surface area contributed by atoms with Gasteiger partial charge >= 0.3 is 11.9 Å². The fraction of sp³-hybridized carbons (Fsp3) is 0.320. The molecule has 0 amide bonds. The van der Waals surface area contributed by atoms with E-state index in [-0.39, 0.29) is 50.1 Å². The predicted octanol–water partition coefficient (Wildman–Crippen LogP) is 2.94. The molecular formula is C25H28N2O7. The summed E-state index contributed by atoms with van der Waals surface area (Å²) < 4.78 is 15.1. The van der Waals surface area contributed by atoms with Gasteiger partial charge in [-0.2, -0.15) is 0 Å². The molecule has 180 valence electrons. The minimum Gasteiger partial charge on any atom is -0.482 e. The van der Waals surface area contributed by atoms with Gasteiger partial charge in [0.2, 0.25) is 0 Å². The molecule has 0 saturated carbocycles. The molecule has 2 aromatic carbocycles. The van der Waals surface area contributed by atoms with E-state index in [1.807, 2.05) is 0 Å². The van der Waals surface area contributed by atoms with Gasteiger partial charge in [0.15, 0.2) is 18.2 Å². The maximum absolute atomic E-state index is 13.1. The van der Waals surface area contributed by atoms with Crippen LogP contribution in [0.3, 0.4) is 0 Å². The third kappa shape index (κ3) is 8.16. The van der Waals surface area contributed by atoms with Crippen molar-refractivity contribution >= 4 is 29.3 Å². The van der Waals surface area contributed by atoms with Gasteiger partial charge in [0.25, 0.3) is 0 Å². The van der Waals surface area contributed by atoms with Crippen molar-refractivity contribution in [3.63, 3.8) is 0 Å². The van der Waals surface area contributed by atoms with Crippen LogP contribution in [0.15, 0.2) is 48.5 Å². The van der Waals surface area contributed by atoms with E-state index >= 15 is 0 Å². The third-order valence-electron chi connectivity index (χ3n) is 4.89. The summed E-state index contributed by atoms with van der Waals surface area (Å²) in [4.78, 5) is 48.5. The number of carbonyl (C=O) groups is 4. The van der Waals surface area contributed by atoms with Gasteiger partial charge in [0.05, 0.1) is 13.2 Å². The number of nitrogens with two attached hydrogens (primary N) is 1. The molecular weight excluding hydrogens is 440 g/mol. The lowest BCUT2D eigenvalue weighted by molar-refractivity contribution is -0.145. The molecule has 0 radical (unpaired) electrons. The first-order chi connectivity index (χ1) is 16.2. The van der Waals surface area contributed by atoms with Crippen molar-refractivity contribution < 1.29 is 33.4 Å². The number of nitrogens with one attached hydrogen (secondary N) is 1. The summed E-state index contributed by atoms with van der Waals surface area (Å²) in [5, 5.41) is 7.44. The first-order valence-corrected chi connectivity index (χ1v) is 10.7. The summed E-state index contributed by atoms with van der Waals surface area (Å²) in [7, 11) is 0. The van der Waals surface area contributed by atoms with Crippen molar-refractivity contribution in [1.29, 1.82) is 5.41 Å². The Labute approximate surface area is 197 Å². The highest BCUT2D eigenvalue weighted by Crippen LogP contribution is 2.22. The minimum atomic E-state index is -0.717. The van der Waals surface area contributed by atoms with Crippen LogP contribution in [-0.4, -0.2) is 49.2 Å². The molecule has 9 heteroatoms. The highest BCUT2D eigenvalue weighted by atomic mass is 16.6. The minimum absolute atomic E-state index is 0.00301. The Hall–Kier alpha value is -4.01. The molecule has 0 aliphatic heterocycles. The van der Waals surface area contributed by atoms with E-state index in [0.29, 0.717) is 22.4 Å². The molecule has 0 spiro atoms. The Morgan fingerprint density at radius 3 is 2.06 bits per heavy atom. The van der Waals surface area contributed by atoms with Gasteiger partial charge in [-0.05, 0) is 37.6 Å². The van der Waals surface area contributed by atoms with Crippen molar-refractivity contribution in [3.05, 3.63) is 65.2 Å². The lowest BCUT2D eigenvalue weighted by atomic mass is 9.88. The molecule has 34 heavy (non-hydrogen) atoms. The van der Waals surface area contributed by atoms with Crippen LogP contribution in [0.4, 0.5) is 0 Å². The van der Waals surface area contributed by atoms with Crippen LogP contribution in [0.1, 0.15) is 53.0 Å². The number of ketones is 2. The maximum Gasteiger partial charge on any atom is 0.344 e. The predicted molar refractivity (Wildman–Crippen MR) is 124 cm³/mol. The molecule has 0 aromatic heterocycles. The van der Waals surface area contributed by atoms with Gasteiger partial charge < -0.3 is 19.9 Å². The second-order valence-corrected chi connectivity index (χ2v) is 7.43. The Bertz CT molecular complexity index is 1030. The molecule has 0 aliphatic carbocycles. The zero-order chi connectivity index (χ0) is 25.1. The molecule has 2 rings (SSSR count). The number of benzene rings is 2. The van der Waals surface area contributed by atoms with E-state index in [0.717, 1.165) is 0 Å². The van der Waals surface area contributed by atoms with Gasteiger partial charge in [-0.1, -0.05) is 24.3 Å². The number of nitrogen functional groups attached to an aromatic ring is 1. The Morgan fingerprint density at radius 1 is 0.912 bits per heavy atom. The second kappa shape index (κ2) is 12.9. The van der Waals surface area contributed by atoms with E-state index in [9.17, 15) is 19.2 Å². The zero-order valence-electron chi connectivity index (χ0n) is 19.2. The summed E-state index contributed by atoms with van der Waals surface area (Å²) in [6.07, 6.45) is 0.0947. The summed E-state index contributed by atoms with van der Waals surface area (Å²) in [6.45, 7) is 2.98. The first kappa shape index (κ1) is 26.2. The van der Waals surface area contributed by atoms with Gasteiger partial charge in [-0.25, -0.2) is 4.79 Å². The van der Waals surface area contributed by atoms with Crippen LogP contribution in [0.25, 0.3) is 0 Å². The second-order valence-electron chi connectivity index (χ2n) is 7.43. The van der Waals surface area contributed by atoms with Gasteiger partial charge in [0, 0.05) is 36.0 Å². The normalized spacial score (nSPS) is 11.2. The van der Waals surface area contributed by atoms with Crippen molar-refractivity contribution in [1.82, 2.24) is 0 Å².